The molecule has 0 aliphatic carbocycles. The number of benzene rings is 1. The van der Waals surface area contributed by atoms with Crippen LogP contribution in [0.2, 0.25) is 5.02 Å². The number of nitrogens with zero attached hydrogens (tertiary/aromatic N) is 1. The molecule has 0 radical (unpaired) electrons. The van der Waals surface area contributed by atoms with Crippen LogP contribution in [0.25, 0.3) is 0 Å². The quantitative estimate of drug-likeness (QED) is 0.909. The third kappa shape index (κ3) is 3.56. The zero-order valence-electron chi connectivity index (χ0n) is 11.1. The van der Waals surface area contributed by atoms with Crippen LogP contribution in [-0.4, -0.2) is 10.9 Å². The maximum Gasteiger partial charge on any atom is 0.270 e. The Morgan fingerprint density at radius 3 is 2.80 bits per heavy atom. The van der Waals surface area contributed by atoms with Crippen LogP contribution in [0.4, 0.5) is 0 Å². The molecule has 1 heterocycles. The molecule has 0 aliphatic heterocycles. The predicted molar refractivity (Wildman–Crippen MR) is 79.5 cm³/mol. The second kappa shape index (κ2) is 6.50. The minimum absolute atomic E-state index is 0.149. The van der Waals surface area contributed by atoms with Gasteiger partial charge in [0.05, 0.1) is 11.7 Å². The number of amides is 1. The van der Waals surface area contributed by atoms with E-state index >= 15 is 0 Å². The Balaban J connectivity index is 2.10. The number of hydrogen-bond donors (Lipinski definition) is 2. The van der Waals surface area contributed by atoms with Gasteiger partial charge in [-0.2, -0.15) is 0 Å². The van der Waals surface area contributed by atoms with Gasteiger partial charge in [-0.05, 0) is 36.8 Å². The van der Waals surface area contributed by atoms with Crippen molar-refractivity contribution < 1.29 is 4.79 Å². The summed E-state index contributed by atoms with van der Waals surface area (Å²) >= 11 is 5.94. The summed E-state index contributed by atoms with van der Waals surface area (Å²) in [6.45, 7) is 2.21. The fourth-order valence-corrected chi connectivity index (χ4v) is 2.05. The van der Waals surface area contributed by atoms with Gasteiger partial charge in [-0.15, -0.1) is 0 Å². The van der Waals surface area contributed by atoms with Gasteiger partial charge in [0.15, 0.2) is 0 Å². The largest absolute Gasteiger partial charge is 0.344 e. The molecule has 0 saturated heterocycles. The van der Waals surface area contributed by atoms with Crippen molar-refractivity contribution >= 4 is 17.5 Å². The first-order valence-electron chi connectivity index (χ1n) is 6.32. The molecule has 0 aliphatic rings. The lowest BCUT2D eigenvalue weighted by Crippen LogP contribution is -2.27. The first-order chi connectivity index (χ1) is 9.60. The maximum atomic E-state index is 12.1. The second-order valence-corrected chi connectivity index (χ2v) is 4.90. The number of rotatable bonds is 4. The van der Waals surface area contributed by atoms with Gasteiger partial charge in [0.1, 0.15) is 5.69 Å². The number of nitrogens with two attached hydrogens (primary N) is 1. The SMILES string of the molecule is CC(NC(=O)c1cccc(CN)n1)c1cccc(Cl)c1. The minimum Gasteiger partial charge on any atom is -0.344 e. The van der Waals surface area contributed by atoms with Crippen LogP contribution in [0.1, 0.15) is 34.7 Å². The van der Waals surface area contributed by atoms with Crippen molar-refractivity contribution in [1.82, 2.24) is 10.3 Å². The number of pyridine rings is 1. The van der Waals surface area contributed by atoms with E-state index in [1.807, 2.05) is 25.1 Å². The number of halogens is 1. The van der Waals surface area contributed by atoms with Crippen LogP contribution in [0.3, 0.4) is 0 Å². The number of carbonyl (C=O) groups is 1. The average Bonchev–Trinajstić information content (AvgIpc) is 2.47. The monoisotopic (exact) mass is 289 g/mol. The zero-order chi connectivity index (χ0) is 14.5. The van der Waals surface area contributed by atoms with Gasteiger partial charge in [0.25, 0.3) is 5.91 Å². The minimum atomic E-state index is -0.229. The summed E-state index contributed by atoms with van der Waals surface area (Å²) in [4.78, 5) is 16.3. The zero-order valence-corrected chi connectivity index (χ0v) is 11.9. The lowest BCUT2D eigenvalue weighted by Gasteiger charge is -2.14. The van der Waals surface area contributed by atoms with E-state index in [1.54, 1.807) is 24.3 Å². The summed E-state index contributed by atoms with van der Waals surface area (Å²) in [5, 5.41) is 3.54. The maximum absolute atomic E-state index is 12.1. The second-order valence-electron chi connectivity index (χ2n) is 4.47. The molecule has 5 heteroatoms. The lowest BCUT2D eigenvalue weighted by atomic mass is 10.1. The fraction of sp³-hybridized carbons (Fsp3) is 0.200. The normalized spacial score (nSPS) is 11.9. The standard InChI is InChI=1S/C15H16ClN3O/c1-10(11-4-2-5-12(16)8-11)18-15(20)14-7-3-6-13(9-17)19-14/h2-8,10H,9,17H2,1H3,(H,18,20). The van der Waals surface area contributed by atoms with Crippen molar-refractivity contribution in [3.8, 4) is 0 Å². The lowest BCUT2D eigenvalue weighted by molar-refractivity contribution is 0.0934. The van der Waals surface area contributed by atoms with Crippen molar-refractivity contribution in [2.45, 2.75) is 19.5 Å². The Morgan fingerprint density at radius 2 is 2.10 bits per heavy atom. The van der Waals surface area contributed by atoms with Crippen molar-refractivity contribution in [2.75, 3.05) is 0 Å². The predicted octanol–water partition coefficient (Wildman–Crippen LogP) is 2.68. The molecule has 2 rings (SSSR count). The van der Waals surface area contributed by atoms with Gasteiger partial charge in [0, 0.05) is 11.6 Å². The Kier molecular flexibility index (Phi) is 4.71. The molecule has 0 bridgehead atoms. The van der Waals surface area contributed by atoms with Gasteiger partial charge >= 0.3 is 0 Å². The highest BCUT2D eigenvalue weighted by molar-refractivity contribution is 6.30. The molecule has 1 unspecified atom stereocenters. The van der Waals surface area contributed by atoms with Gasteiger partial charge < -0.3 is 11.1 Å². The van der Waals surface area contributed by atoms with Crippen molar-refractivity contribution in [1.29, 1.82) is 0 Å². The molecule has 1 aromatic carbocycles. The van der Waals surface area contributed by atoms with Crippen LogP contribution >= 0.6 is 11.6 Å². The summed E-state index contributed by atoms with van der Waals surface area (Å²) in [5.74, 6) is -0.229. The molecule has 4 nitrogen and oxygen atoms in total. The van der Waals surface area contributed by atoms with Crippen LogP contribution in [0.5, 0.6) is 0 Å². The summed E-state index contributed by atoms with van der Waals surface area (Å²) in [7, 11) is 0. The number of aromatic nitrogens is 1. The third-order valence-electron chi connectivity index (χ3n) is 2.94. The van der Waals surface area contributed by atoms with E-state index in [-0.39, 0.29) is 11.9 Å². The van der Waals surface area contributed by atoms with E-state index in [0.717, 1.165) is 5.56 Å². The van der Waals surface area contributed by atoms with E-state index in [9.17, 15) is 4.79 Å². The molecule has 104 valence electrons. The third-order valence-corrected chi connectivity index (χ3v) is 3.18. The summed E-state index contributed by atoms with van der Waals surface area (Å²) < 4.78 is 0. The van der Waals surface area contributed by atoms with Gasteiger partial charge in [-0.1, -0.05) is 29.8 Å². The van der Waals surface area contributed by atoms with Gasteiger partial charge in [-0.3, -0.25) is 4.79 Å². The van der Waals surface area contributed by atoms with Gasteiger partial charge in [-0.25, -0.2) is 4.98 Å². The van der Waals surface area contributed by atoms with Crippen LogP contribution < -0.4 is 11.1 Å². The van der Waals surface area contributed by atoms with Crippen molar-refractivity contribution in [3.05, 3.63) is 64.4 Å². The molecule has 2 aromatic rings. The molecule has 0 fully saturated rings. The average molecular weight is 290 g/mol. The van der Waals surface area contributed by atoms with Gasteiger partial charge in [0.2, 0.25) is 0 Å². The highest BCUT2D eigenvalue weighted by atomic mass is 35.5. The Morgan fingerprint density at radius 1 is 1.35 bits per heavy atom. The highest BCUT2D eigenvalue weighted by Gasteiger charge is 2.13. The molecule has 0 spiro atoms. The molecule has 20 heavy (non-hydrogen) atoms. The van der Waals surface area contributed by atoms with E-state index in [1.165, 1.54) is 0 Å². The molecule has 1 amide bonds. The first kappa shape index (κ1) is 14.5. The summed E-state index contributed by atoms with van der Waals surface area (Å²) in [5.41, 5.74) is 7.51. The molecule has 3 N–H and O–H groups in total. The molecule has 1 aromatic heterocycles. The Labute approximate surface area is 123 Å². The number of carbonyl (C=O) groups excluding carboxylic acids is 1. The number of nitrogens with one attached hydrogen (secondary N) is 1. The summed E-state index contributed by atoms with van der Waals surface area (Å²) in [6, 6.07) is 12.5. The Hall–Kier alpha value is -1.91. The smallest absolute Gasteiger partial charge is 0.270 e. The van der Waals surface area contributed by atoms with E-state index < -0.39 is 0 Å². The van der Waals surface area contributed by atoms with Crippen LogP contribution in [0, 0.1) is 0 Å². The highest BCUT2D eigenvalue weighted by Crippen LogP contribution is 2.17. The van der Waals surface area contributed by atoms with E-state index in [2.05, 4.69) is 10.3 Å². The molecular formula is C15H16ClN3O. The topological polar surface area (TPSA) is 68.0 Å². The van der Waals surface area contributed by atoms with Crippen molar-refractivity contribution in [3.63, 3.8) is 0 Å². The van der Waals surface area contributed by atoms with Crippen molar-refractivity contribution in [2.24, 2.45) is 5.73 Å². The number of hydrogen-bond acceptors (Lipinski definition) is 3. The first-order valence-corrected chi connectivity index (χ1v) is 6.70. The summed E-state index contributed by atoms with van der Waals surface area (Å²) in [6.07, 6.45) is 0. The van der Waals surface area contributed by atoms with Crippen LogP contribution in [-0.2, 0) is 6.54 Å². The molecule has 0 saturated carbocycles. The Bertz CT molecular complexity index is 616. The molecule has 1 atom stereocenters. The fourth-order valence-electron chi connectivity index (χ4n) is 1.85. The van der Waals surface area contributed by atoms with E-state index in [0.29, 0.717) is 23.0 Å². The molecular weight excluding hydrogens is 274 g/mol. The van der Waals surface area contributed by atoms with E-state index in [4.69, 9.17) is 17.3 Å². The van der Waals surface area contributed by atoms with Crippen LogP contribution in [0.15, 0.2) is 42.5 Å².